The summed E-state index contributed by atoms with van der Waals surface area (Å²) in [6.07, 6.45) is 1.97. The lowest BCUT2D eigenvalue weighted by atomic mass is 10.0. The van der Waals surface area contributed by atoms with Crippen LogP contribution in [0.5, 0.6) is 0 Å². The van der Waals surface area contributed by atoms with Crippen molar-refractivity contribution in [2.24, 2.45) is 0 Å². The number of hydrogen-bond acceptors (Lipinski definition) is 4. The fourth-order valence-corrected chi connectivity index (χ4v) is 4.18. The molecule has 0 aliphatic carbocycles. The van der Waals surface area contributed by atoms with Crippen molar-refractivity contribution in [2.45, 2.75) is 13.0 Å². The summed E-state index contributed by atoms with van der Waals surface area (Å²) >= 11 is 3.82. The first-order chi connectivity index (χ1) is 12.7. The highest BCUT2D eigenvalue weighted by Crippen LogP contribution is 2.36. The molecule has 0 spiro atoms. The van der Waals surface area contributed by atoms with Crippen LogP contribution < -0.4 is 10.2 Å². The number of rotatable bonds is 2. The summed E-state index contributed by atoms with van der Waals surface area (Å²) in [6.45, 7) is 5.14. The third-order valence-corrected chi connectivity index (χ3v) is 5.68. The maximum atomic E-state index is 9.00. The van der Waals surface area contributed by atoms with Crippen molar-refractivity contribution in [3.05, 3.63) is 58.7 Å². The minimum absolute atomic E-state index is 0.469. The molecule has 0 radical (unpaired) electrons. The molecule has 1 fully saturated rings. The number of nitrogens with one attached hydrogen (secondary N) is 1. The van der Waals surface area contributed by atoms with Gasteiger partial charge < -0.3 is 10.2 Å². The number of pyridine rings is 1. The van der Waals surface area contributed by atoms with Gasteiger partial charge in [0, 0.05) is 36.6 Å². The fourth-order valence-electron chi connectivity index (χ4n) is 3.51. The lowest BCUT2D eigenvalue weighted by Gasteiger charge is -2.34. The number of benzene rings is 2. The third-order valence-electron chi connectivity index (χ3n) is 4.85. The normalized spacial score (nSPS) is 17.3. The number of para-hydroxylation sites is 1. The molecule has 4 rings (SSSR count). The Morgan fingerprint density at radius 1 is 1.23 bits per heavy atom. The molecule has 1 saturated heterocycles. The highest BCUT2D eigenvalue weighted by atomic mass is 79.9. The van der Waals surface area contributed by atoms with Gasteiger partial charge in [0.05, 0.1) is 33.5 Å². The monoisotopic (exact) mass is 406 g/mol. The maximum absolute atomic E-state index is 9.00. The van der Waals surface area contributed by atoms with E-state index in [0.29, 0.717) is 11.6 Å². The van der Waals surface area contributed by atoms with Gasteiger partial charge in [-0.05, 0) is 40.5 Å². The van der Waals surface area contributed by atoms with E-state index in [0.717, 1.165) is 51.8 Å². The van der Waals surface area contributed by atoms with Crippen LogP contribution in [-0.4, -0.2) is 30.7 Å². The van der Waals surface area contributed by atoms with Crippen LogP contribution >= 0.6 is 15.9 Å². The Labute approximate surface area is 161 Å². The van der Waals surface area contributed by atoms with Crippen LogP contribution in [0.25, 0.3) is 22.0 Å². The minimum atomic E-state index is 0.469. The lowest BCUT2D eigenvalue weighted by Crippen LogP contribution is -2.49. The van der Waals surface area contributed by atoms with Gasteiger partial charge in [-0.3, -0.25) is 4.98 Å². The molecule has 1 N–H and O–H groups in total. The molecule has 0 bridgehead atoms. The summed E-state index contributed by atoms with van der Waals surface area (Å²) in [5, 5.41) is 13.6. The Morgan fingerprint density at radius 2 is 2.04 bits per heavy atom. The number of anilines is 1. The third kappa shape index (κ3) is 3.07. The van der Waals surface area contributed by atoms with E-state index in [1.807, 2.05) is 30.5 Å². The van der Waals surface area contributed by atoms with E-state index in [1.165, 1.54) is 0 Å². The predicted octanol–water partition coefficient (Wildman–Crippen LogP) is 4.33. The second-order valence-corrected chi connectivity index (χ2v) is 7.44. The molecule has 1 aromatic heterocycles. The molecule has 2 aromatic carbocycles. The molecule has 26 heavy (non-hydrogen) atoms. The number of piperazine rings is 1. The molecule has 0 saturated carbocycles. The van der Waals surface area contributed by atoms with Crippen molar-refractivity contribution in [1.82, 2.24) is 10.3 Å². The second-order valence-electron chi connectivity index (χ2n) is 6.65. The van der Waals surface area contributed by atoms with Gasteiger partial charge in [0.15, 0.2) is 0 Å². The smallest absolute Gasteiger partial charge is 0.0991 e. The molecular formula is C21H19BrN4. The highest BCUT2D eigenvalue weighted by Gasteiger charge is 2.20. The quantitative estimate of drug-likeness (QED) is 0.687. The molecule has 1 aliphatic rings. The van der Waals surface area contributed by atoms with Crippen molar-refractivity contribution in [3.63, 3.8) is 0 Å². The second kappa shape index (κ2) is 7.06. The van der Waals surface area contributed by atoms with Crippen LogP contribution in [0, 0.1) is 11.3 Å². The van der Waals surface area contributed by atoms with Crippen molar-refractivity contribution in [2.75, 3.05) is 24.5 Å². The van der Waals surface area contributed by atoms with E-state index in [9.17, 15) is 0 Å². The summed E-state index contributed by atoms with van der Waals surface area (Å²) in [6, 6.07) is 16.5. The van der Waals surface area contributed by atoms with E-state index >= 15 is 0 Å². The Kier molecular flexibility index (Phi) is 4.62. The first-order valence-corrected chi connectivity index (χ1v) is 9.53. The largest absolute Gasteiger partial charge is 0.367 e. The number of nitriles is 1. The van der Waals surface area contributed by atoms with E-state index < -0.39 is 0 Å². The van der Waals surface area contributed by atoms with Gasteiger partial charge in [0.1, 0.15) is 0 Å². The molecule has 4 nitrogen and oxygen atoms in total. The lowest BCUT2D eigenvalue weighted by molar-refractivity contribution is 0.484. The maximum Gasteiger partial charge on any atom is 0.0991 e. The molecule has 3 aromatic rings. The van der Waals surface area contributed by atoms with Gasteiger partial charge in [-0.25, -0.2) is 0 Å². The Balaban J connectivity index is 1.80. The first-order valence-electron chi connectivity index (χ1n) is 8.73. The number of hydrogen-bond donors (Lipinski definition) is 1. The average molecular weight is 407 g/mol. The Bertz CT molecular complexity index is 991. The van der Waals surface area contributed by atoms with E-state index in [2.05, 4.69) is 57.3 Å². The van der Waals surface area contributed by atoms with E-state index in [1.54, 1.807) is 0 Å². The summed E-state index contributed by atoms with van der Waals surface area (Å²) in [5.74, 6) is 0. The van der Waals surface area contributed by atoms with Gasteiger partial charge in [-0.2, -0.15) is 5.26 Å². The van der Waals surface area contributed by atoms with Crippen LogP contribution in [0.2, 0.25) is 0 Å². The first kappa shape index (κ1) is 17.0. The van der Waals surface area contributed by atoms with Gasteiger partial charge in [0.25, 0.3) is 0 Å². The van der Waals surface area contributed by atoms with Crippen LogP contribution in [0.4, 0.5) is 5.69 Å². The topological polar surface area (TPSA) is 52.0 Å². The van der Waals surface area contributed by atoms with Gasteiger partial charge >= 0.3 is 0 Å². The molecule has 0 amide bonds. The number of aromatic nitrogens is 1. The van der Waals surface area contributed by atoms with Gasteiger partial charge in [0.2, 0.25) is 0 Å². The standard InChI is InChI=1S/C21H19BrN4/c1-14-13-26(10-9-24-14)19-12-25-21-17(3-2-4-18(21)20(19)22)16-7-5-15(11-23)6-8-16/h2-8,12,14,24H,9-10,13H2,1H3. The number of fused-ring (bicyclic) bond motifs is 1. The van der Waals surface area contributed by atoms with Crippen LogP contribution in [0.15, 0.2) is 53.1 Å². The van der Waals surface area contributed by atoms with Crippen LogP contribution in [-0.2, 0) is 0 Å². The molecule has 1 unspecified atom stereocenters. The SMILES string of the molecule is CC1CN(c2cnc3c(-c4ccc(C#N)cc4)cccc3c2Br)CCN1. The zero-order valence-electron chi connectivity index (χ0n) is 14.5. The zero-order chi connectivity index (χ0) is 18.1. The van der Waals surface area contributed by atoms with E-state index in [-0.39, 0.29) is 0 Å². The Morgan fingerprint density at radius 3 is 2.77 bits per heavy atom. The molecule has 1 atom stereocenters. The number of nitrogens with zero attached hydrogens (tertiary/aromatic N) is 3. The van der Waals surface area contributed by atoms with E-state index in [4.69, 9.17) is 10.2 Å². The zero-order valence-corrected chi connectivity index (χ0v) is 16.1. The summed E-state index contributed by atoms with van der Waals surface area (Å²) in [5.41, 5.74) is 4.92. The molecule has 5 heteroatoms. The average Bonchev–Trinajstić information content (AvgIpc) is 2.68. The molecule has 1 aliphatic heterocycles. The summed E-state index contributed by atoms with van der Waals surface area (Å²) in [7, 11) is 0. The Hall–Kier alpha value is -2.42. The van der Waals surface area contributed by atoms with Crippen LogP contribution in [0.1, 0.15) is 12.5 Å². The minimum Gasteiger partial charge on any atom is -0.367 e. The predicted molar refractivity (Wildman–Crippen MR) is 109 cm³/mol. The summed E-state index contributed by atoms with van der Waals surface area (Å²) < 4.78 is 1.09. The molecule has 2 heterocycles. The van der Waals surface area contributed by atoms with Crippen molar-refractivity contribution in [3.8, 4) is 17.2 Å². The van der Waals surface area contributed by atoms with Crippen molar-refractivity contribution in [1.29, 1.82) is 5.26 Å². The molecular weight excluding hydrogens is 388 g/mol. The van der Waals surface area contributed by atoms with Gasteiger partial charge in [-0.15, -0.1) is 0 Å². The molecule has 130 valence electrons. The van der Waals surface area contributed by atoms with Crippen molar-refractivity contribution < 1.29 is 0 Å². The highest BCUT2D eigenvalue weighted by molar-refractivity contribution is 9.10. The van der Waals surface area contributed by atoms with Crippen LogP contribution in [0.3, 0.4) is 0 Å². The van der Waals surface area contributed by atoms with Gasteiger partial charge in [-0.1, -0.05) is 30.3 Å². The summed E-state index contributed by atoms with van der Waals surface area (Å²) in [4.78, 5) is 7.19. The van der Waals surface area contributed by atoms with Crippen molar-refractivity contribution >= 4 is 32.5 Å². The fraction of sp³-hybridized carbons (Fsp3) is 0.238. The number of halogens is 1.